The van der Waals surface area contributed by atoms with Crippen molar-refractivity contribution in [1.29, 1.82) is 5.26 Å². The SMILES string of the molecule is CCSc1cc(C(C)C#N)cnc1-c1nc2cc(C(F)(F)F)ncc2n1C. The van der Waals surface area contributed by atoms with Crippen molar-refractivity contribution in [3.8, 4) is 17.6 Å². The maximum Gasteiger partial charge on any atom is 0.433 e. The number of thioether (sulfide) groups is 1. The number of halogens is 3. The van der Waals surface area contributed by atoms with Crippen LogP contribution in [0.4, 0.5) is 13.2 Å². The Morgan fingerprint density at radius 3 is 2.63 bits per heavy atom. The van der Waals surface area contributed by atoms with Crippen molar-refractivity contribution in [3.05, 3.63) is 35.8 Å². The predicted octanol–water partition coefficient (Wildman–Crippen LogP) is 4.79. The van der Waals surface area contributed by atoms with Gasteiger partial charge >= 0.3 is 6.18 Å². The highest BCUT2D eigenvalue weighted by molar-refractivity contribution is 7.99. The zero-order chi connectivity index (χ0) is 19.8. The van der Waals surface area contributed by atoms with Crippen LogP contribution in [0.1, 0.15) is 31.0 Å². The molecule has 0 spiro atoms. The van der Waals surface area contributed by atoms with E-state index in [0.717, 1.165) is 22.3 Å². The first-order valence-corrected chi connectivity index (χ1v) is 9.17. The Bertz CT molecular complexity index is 1040. The minimum absolute atomic E-state index is 0.207. The lowest BCUT2D eigenvalue weighted by Gasteiger charge is -2.11. The Labute approximate surface area is 158 Å². The summed E-state index contributed by atoms with van der Waals surface area (Å²) >= 11 is 1.54. The van der Waals surface area contributed by atoms with E-state index in [1.54, 1.807) is 36.5 Å². The van der Waals surface area contributed by atoms with Crippen molar-refractivity contribution in [2.75, 3.05) is 5.75 Å². The summed E-state index contributed by atoms with van der Waals surface area (Å²) in [5.74, 6) is 0.933. The molecule has 3 aromatic heterocycles. The molecule has 5 nitrogen and oxygen atoms in total. The van der Waals surface area contributed by atoms with E-state index in [2.05, 4.69) is 21.0 Å². The van der Waals surface area contributed by atoms with E-state index in [9.17, 15) is 13.2 Å². The number of nitrogens with zero attached hydrogens (tertiary/aromatic N) is 5. The molecule has 1 unspecified atom stereocenters. The van der Waals surface area contributed by atoms with Crippen LogP contribution in [0.3, 0.4) is 0 Å². The number of imidazole rings is 1. The zero-order valence-electron chi connectivity index (χ0n) is 14.9. The van der Waals surface area contributed by atoms with Gasteiger partial charge in [-0.3, -0.25) is 4.98 Å². The fourth-order valence-electron chi connectivity index (χ4n) is 2.66. The van der Waals surface area contributed by atoms with Crippen LogP contribution in [-0.2, 0) is 13.2 Å². The number of alkyl halides is 3. The topological polar surface area (TPSA) is 67.4 Å². The molecular weight excluding hydrogens is 375 g/mol. The number of fused-ring (bicyclic) bond motifs is 1. The molecule has 0 N–H and O–H groups in total. The summed E-state index contributed by atoms with van der Waals surface area (Å²) in [5.41, 5.74) is 1.08. The van der Waals surface area contributed by atoms with E-state index in [4.69, 9.17) is 5.26 Å². The number of rotatable bonds is 4. The molecule has 0 radical (unpaired) electrons. The summed E-state index contributed by atoms with van der Waals surface area (Å²) in [5, 5.41) is 9.13. The molecule has 0 aliphatic rings. The molecule has 1 atom stereocenters. The van der Waals surface area contributed by atoms with Gasteiger partial charge in [-0.15, -0.1) is 11.8 Å². The zero-order valence-corrected chi connectivity index (χ0v) is 15.7. The molecule has 3 rings (SSSR count). The van der Waals surface area contributed by atoms with E-state index in [0.29, 0.717) is 17.0 Å². The molecule has 0 fully saturated rings. The van der Waals surface area contributed by atoms with Gasteiger partial charge in [0.15, 0.2) is 5.82 Å². The lowest BCUT2D eigenvalue weighted by Crippen LogP contribution is -2.07. The van der Waals surface area contributed by atoms with Crippen molar-refractivity contribution < 1.29 is 13.2 Å². The number of pyridine rings is 2. The minimum Gasteiger partial charge on any atom is -0.325 e. The Balaban J connectivity index is 2.17. The van der Waals surface area contributed by atoms with Gasteiger partial charge in [0, 0.05) is 18.1 Å². The molecule has 3 heterocycles. The molecule has 0 saturated heterocycles. The highest BCUT2D eigenvalue weighted by Crippen LogP contribution is 2.34. The second kappa shape index (κ2) is 7.19. The molecule has 0 saturated carbocycles. The fourth-order valence-corrected chi connectivity index (χ4v) is 3.47. The number of hydrogen-bond acceptors (Lipinski definition) is 5. The van der Waals surface area contributed by atoms with Crippen LogP contribution in [0, 0.1) is 11.3 Å². The van der Waals surface area contributed by atoms with Gasteiger partial charge < -0.3 is 4.57 Å². The summed E-state index contributed by atoms with van der Waals surface area (Å²) in [7, 11) is 1.72. The van der Waals surface area contributed by atoms with Crippen molar-refractivity contribution in [3.63, 3.8) is 0 Å². The minimum atomic E-state index is -4.53. The quantitative estimate of drug-likeness (QED) is 0.598. The normalized spacial score (nSPS) is 12.9. The Morgan fingerprint density at radius 2 is 2.00 bits per heavy atom. The molecule has 3 aromatic rings. The number of aromatic nitrogens is 4. The number of aryl methyl sites for hydroxylation is 1. The first-order chi connectivity index (χ1) is 12.8. The van der Waals surface area contributed by atoms with Gasteiger partial charge in [0.1, 0.15) is 11.4 Å². The maximum absolute atomic E-state index is 12.9. The average molecular weight is 391 g/mol. The Morgan fingerprint density at radius 1 is 1.26 bits per heavy atom. The third-order valence-corrected chi connectivity index (χ3v) is 5.05. The highest BCUT2D eigenvalue weighted by atomic mass is 32.2. The van der Waals surface area contributed by atoms with Crippen molar-refractivity contribution in [1.82, 2.24) is 19.5 Å². The van der Waals surface area contributed by atoms with Crippen LogP contribution in [-0.4, -0.2) is 25.3 Å². The summed E-state index contributed by atoms with van der Waals surface area (Å²) in [6, 6.07) is 5.01. The molecule has 9 heteroatoms. The highest BCUT2D eigenvalue weighted by Gasteiger charge is 2.33. The number of hydrogen-bond donors (Lipinski definition) is 0. The van der Waals surface area contributed by atoms with Gasteiger partial charge in [-0.25, -0.2) is 9.97 Å². The predicted molar refractivity (Wildman–Crippen MR) is 97.2 cm³/mol. The first kappa shape index (κ1) is 19.2. The second-order valence-electron chi connectivity index (χ2n) is 5.95. The van der Waals surface area contributed by atoms with E-state index < -0.39 is 11.9 Å². The summed E-state index contributed by atoms with van der Waals surface area (Å²) < 4.78 is 40.5. The first-order valence-electron chi connectivity index (χ1n) is 8.18. The van der Waals surface area contributed by atoms with Crippen molar-refractivity contribution in [2.45, 2.75) is 30.8 Å². The average Bonchev–Trinajstić information content (AvgIpc) is 2.96. The molecule has 0 bridgehead atoms. The summed E-state index contributed by atoms with van der Waals surface area (Å²) in [6.07, 6.45) is -1.74. The van der Waals surface area contributed by atoms with E-state index in [1.807, 2.05) is 13.0 Å². The largest absolute Gasteiger partial charge is 0.433 e. The van der Waals surface area contributed by atoms with E-state index in [-0.39, 0.29) is 11.4 Å². The maximum atomic E-state index is 12.9. The molecule has 140 valence electrons. The van der Waals surface area contributed by atoms with Crippen LogP contribution < -0.4 is 0 Å². The Kier molecular flexibility index (Phi) is 5.11. The van der Waals surface area contributed by atoms with Gasteiger partial charge in [-0.1, -0.05) is 6.92 Å². The summed E-state index contributed by atoms with van der Waals surface area (Å²) in [6.45, 7) is 3.78. The van der Waals surface area contributed by atoms with E-state index >= 15 is 0 Å². The van der Waals surface area contributed by atoms with Crippen LogP contribution in [0.5, 0.6) is 0 Å². The second-order valence-corrected chi connectivity index (χ2v) is 7.26. The van der Waals surface area contributed by atoms with Crippen LogP contribution in [0.2, 0.25) is 0 Å². The molecule has 0 aliphatic heterocycles. The van der Waals surface area contributed by atoms with Crippen LogP contribution >= 0.6 is 11.8 Å². The van der Waals surface area contributed by atoms with Gasteiger partial charge in [-0.05, 0) is 30.4 Å². The standard InChI is InChI=1S/C18H16F3N5S/c1-4-27-14-5-11(10(2)7-22)8-24-16(14)17-25-12-6-15(18(19,20)21)23-9-13(12)26(17)3/h5-6,8-10H,4H2,1-3H3. The smallest absolute Gasteiger partial charge is 0.325 e. The third-order valence-electron chi connectivity index (χ3n) is 4.14. The Hall–Kier alpha value is -2.60. The molecule has 0 aliphatic carbocycles. The molecule has 0 aromatic carbocycles. The van der Waals surface area contributed by atoms with Crippen LogP contribution in [0.15, 0.2) is 29.4 Å². The summed E-state index contributed by atoms with van der Waals surface area (Å²) in [4.78, 5) is 13.2. The lowest BCUT2D eigenvalue weighted by molar-refractivity contribution is -0.141. The van der Waals surface area contributed by atoms with E-state index in [1.165, 1.54) is 6.20 Å². The van der Waals surface area contributed by atoms with Crippen molar-refractivity contribution in [2.24, 2.45) is 7.05 Å². The third kappa shape index (κ3) is 3.62. The molecular formula is C18H16F3N5S. The number of nitriles is 1. The monoisotopic (exact) mass is 391 g/mol. The van der Waals surface area contributed by atoms with Gasteiger partial charge in [-0.2, -0.15) is 18.4 Å². The molecule has 27 heavy (non-hydrogen) atoms. The van der Waals surface area contributed by atoms with Gasteiger partial charge in [0.05, 0.1) is 29.2 Å². The van der Waals surface area contributed by atoms with Gasteiger partial charge in [0.25, 0.3) is 0 Å². The fraction of sp³-hybridized carbons (Fsp3) is 0.333. The van der Waals surface area contributed by atoms with Gasteiger partial charge in [0.2, 0.25) is 0 Å². The van der Waals surface area contributed by atoms with Crippen LogP contribution in [0.25, 0.3) is 22.6 Å². The lowest BCUT2D eigenvalue weighted by atomic mass is 10.1. The van der Waals surface area contributed by atoms with Crippen molar-refractivity contribution >= 4 is 22.8 Å². The molecule has 0 amide bonds.